The second-order valence-electron chi connectivity index (χ2n) is 8.66. The highest BCUT2D eigenvalue weighted by atomic mass is 16.3. The Kier molecular flexibility index (Phi) is 3.27. The fourth-order valence-corrected chi connectivity index (χ4v) is 6.31. The summed E-state index contributed by atoms with van der Waals surface area (Å²) in [5.41, 5.74) is 3.43. The number of rotatable bonds is 2. The Bertz CT molecular complexity index is 608. The van der Waals surface area contributed by atoms with E-state index in [2.05, 4.69) is 17.0 Å². The van der Waals surface area contributed by atoms with E-state index in [1.54, 1.807) is 0 Å². The molecule has 2 nitrogen and oxygen atoms in total. The second kappa shape index (κ2) is 5.24. The van der Waals surface area contributed by atoms with Crippen molar-refractivity contribution < 1.29 is 5.11 Å². The Labute approximate surface area is 139 Å². The summed E-state index contributed by atoms with van der Waals surface area (Å²) >= 11 is 0. The van der Waals surface area contributed by atoms with Gasteiger partial charge in [-0.1, -0.05) is 25.3 Å². The molecule has 1 aromatic carbocycles. The lowest BCUT2D eigenvalue weighted by atomic mass is 9.52. The number of benzene rings is 1. The van der Waals surface area contributed by atoms with Crippen LogP contribution < -0.4 is 0 Å². The molecule has 124 valence electrons. The van der Waals surface area contributed by atoms with Gasteiger partial charge in [0.1, 0.15) is 5.75 Å². The van der Waals surface area contributed by atoms with Gasteiger partial charge in [-0.25, -0.2) is 0 Å². The van der Waals surface area contributed by atoms with Crippen LogP contribution in [0.25, 0.3) is 0 Å². The Hall–Kier alpha value is -1.02. The minimum Gasteiger partial charge on any atom is -0.508 e. The third kappa shape index (κ3) is 2.10. The molecule has 1 heterocycles. The number of piperidine rings is 1. The van der Waals surface area contributed by atoms with Gasteiger partial charge in [0.25, 0.3) is 0 Å². The van der Waals surface area contributed by atoms with Crippen molar-refractivity contribution in [2.75, 3.05) is 13.1 Å². The molecule has 3 fully saturated rings. The van der Waals surface area contributed by atoms with Crippen molar-refractivity contribution in [2.45, 2.75) is 69.2 Å². The number of likely N-dealkylation sites (tertiary alicyclic amines) is 1. The SMILES string of the molecule is Oc1ccc2c(c1)[C@]13CCCC[C@@H]1[C@H](C2)N(CC1CCC1)CC3. The fraction of sp³-hybridized carbons (Fsp3) is 0.714. The van der Waals surface area contributed by atoms with Gasteiger partial charge in [0, 0.05) is 18.0 Å². The first-order valence-electron chi connectivity index (χ1n) is 9.83. The Morgan fingerprint density at radius 1 is 1.09 bits per heavy atom. The summed E-state index contributed by atoms with van der Waals surface area (Å²) in [4.78, 5) is 2.87. The van der Waals surface area contributed by atoms with Crippen LogP contribution in [-0.4, -0.2) is 29.1 Å². The van der Waals surface area contributed by atoms with Crippen molar-refractivity contribution in [3.05, 3.63) is 29.3 Å². The topological polar surface area (TPSA) is 23.5 Å². The zero-order valence-electron chi connectivity index (χ0n) is 14.1. The van der Waals surface area contributed by atoms with Gasteiger partial charge in [-0.05, 0) is 80.2 Å². The van der Waals surface area contributed by atoms with Gasteiger partial charge in [0.05, 0.1) is 0 Å². The van der Waals surface area contributed by atoms with Crippen molar-refractivity contribution in [2.24, 2.45) is 11.8 Å². The van der Waals surface area contributed by atoms with Gasteiger partial charge in [0.15, 0.2) is 0 Å². The summed E-state index contributed by atoms with van der Waals surface area (Å²) in [6.07, 6.45) is 12.5. The first-order chi connectivity index (χ1) is 11.3. The lowest BCUT2D eigenvalue weighted by Gasteiger charge is -2.59. The van der Waals surface area contributed by atoms with E-state index < -0.39 is 0 Å². The summed E-state index contributed by atoms with van der Waals surface area (Å²) < 4.78 is 0. The summed E-state index contributed by atoms with van der Waals surface area (Å²) in [5.74, 6) is 2.28. The largest absolute Gasteiger partial charge is 0.508 e. The molecule has 1 N–H and O–H groups in total. The Balaban J connectivity index is 1.54. The number of hydrogen-bond donors (Lipinski definition) is 1. The molecule has 4 aliphatic rings. The molecular weight excluding hydrogens is 282 g/mol. The smallest absolute Gasteiger partial charge is 0.115 e. The van der Waals surface area contributed by atoms with E-state index in [0.29, 0.717) is 11.2 Å². The van der Waals surface area contributed by atoms with Crippen LogP contribution in [0.1, 0.15) is 62.5 Å². The molecule has 0 unspecified atom stereocenters. The maximum Gasteiger partial charge on any atom is 0.115 e. The van der Waals surface area contributed by atoms with E-state index in [4.69, 9.17) is 0 Å². The van der Waals surface area contributed by atoms with Gasteiger partial charge in [0.2, 0.25) is 0 Å². The molecule has 2 heteroatoms. The molecule has 0 amide bonds. The monoisotopic (exact) mass is 311 g/mol. The Morgan fingerprint density at radius 2 is 2.00 bits per heavy atom. The van der Waals surface area contributed by atoms with E-state index in [0.717, 1.165) is 17.9 Å². The molecule has 0 spiro atoms. The highest BCUT2D eigenvalue weighted by molar-refractivity contribution is 5.45. The lowest BCUT2D eigenvalue weighted by Crippen LogP contribution is -2.61. The Morgan fingerprint density at radius 3 is 2.83 bits per heavy atom. The van der Waals surface area contributed by atoms with E-state index in [9.17, 15) is 5.11 Å². The first-order valence-corrected chi connectivity index (χ1v) is 9.83. The standard InChI is InChI=1S/C21H29NO/c23-17-8-7-16-12-20-18-6-1-2-9-21(18,19(16)13-17)10-11-22(20)14-15-4-3-5-15/h7-8,13,15,18,20,23H,1-6,9-12,14H2/t18-,20+,21+/m1/s1. The third-order valence-corrected chi connectivity index (χ3v) is 7.65. The number of fused-ring (bicyclic) bond motifs is 1. The van der Waals surface area contributed by atoms with Crippen molar-refractivity contribution in [1.82, 2.24) is 4.90 Å². The van der Waals surface area contributed by atoms with E-state index in [-0.39, 0.29) is 0 Å². The molecule has 1 aromatic rings. The highest BCUT2D eigenvalue weighted by Gasteiger charge is 2.53. The van der Waals surface area contributed by atoms with Gasteiger partial charge in [-0.3, -0.25) is 4.90 Å². The summed E-state index contributed by atoms with van der Waals surface area (Å²) in [6.45, 7) is 2.64. The quantitative estimate of drug-likeness (QED) is 0.882. The van der Waals surface area contributed by atoms with Crippen LogP contribution >= 0.6 is 0 Å². The maximum atomic E-state index is 10.1. The normalized spacial score (nSPS) is 36.9. The zero-order valence-corrected chi connectivity index (χ0v) is 14.1. The van der Waals surface area contributed by atoms with Crippen LogP contribution in [0.4, 0.5) is 0 Å². The zero-order chi connectivity index (χ0) is 15.4. The van der Waals surface area contributed by atoms with Crippen LogP contribution in [0.2, 0.25) is 0 Å². The minimum atomic E-state index is 0.380. The van der Waals surface area contributed by atoms with Crippen molar-refractivity contribution in [3.63, 3.8) is 0 Å². The number of phenols is 1. The fourth-order valence-electron chi connectivity index (χ4n) is 6.31. The highest BCUT2D eigenvalue weighted by Crippen LogP contribution is 2.56. The molecular formula is C21H29NO. The third-order valence-electron chi connectivity index (χ3n) is 7.65. The van der Waals surface area contributed by atoms with Crippen LogP contribution in [0.3, 0.4) is 0 Å². The maximum absolute atomic E-state index is 10.1. The van der Waals surface area contributed by atoms with E-state index >= 15 is 0 Å². The van der Waals surface area contributed by atoms with Crippen LogP contribution in [-0.2, 0) is 11.8 Å². The number of hydrogen-bond acceptors (Lipinski definition) is 2. The van der Waals surface area contributed by atoms with Crippen molar-refractivity contribution in [3.8, 4) is 5.75 Å². The molecule has 5 rings (SSSR count). The predicted octanol–water partition coefficient (Wildman–Crippen LogP) is 4.25. The molecule has 2 bridgehead atoms. The van der Waals surface area contributed by atoms with E-state index in [1.165, 1.54) is 82.0 Å². The number of phenolic OH excluding ortho intramolecular Hbond substituents is 1. The molecule has 23 heavy (non-hydrogen) atoms. The molecule has 1 saturated heterocycles. The van der Waals surface area contributed by atoms with Gasteiger partial charge in [-0.2, -0.15) is 0 Å². The minimum absolute atomic E-state index is 0.380. The number of nitrogens with zero attached hydrogens (tertiary/aromatic N) is 1. The van der Waals surface area contributed by atoms with Crippen LogP contribution in [0.15, 0.2) is 18.2 Å². The van der Waals surface area contributed by atoms with Crippen molar-refractivity contribution in [1.29, 1.82) is 0 Å². The van der Waals surface area contributed by atoms with Crippen LogP contribution in [0, 0.1) is 11.8 Å². The van der Waals surface area contributed by atoms with Crippen molar-refractivity contribution >= 4 is 0 Å². The average molecular weight is 311 g/mol. The average Bonchev–Trinajstić information content (AvgIpc) is 2.53. The second-order valence-corrected chi connectivity index (χ2v) is 8.66. The first kappa shape index (κ1) is 14.3. The predicted molar refractivity (Wildman–Crippen MR) is 92.8 cm³/mol. The lowest BCUT2D eigenvalue weighted by molar-refractivity contribution is -0.0240. The molecule has 0 aromatic heterocycles. The van der Waals surface area contributed by atoms with E-state index in [1.807, 2.05) is 6.07 Å². The van der Waals surface area contributed by atoms with Gasteiger partial charge >= 0.3 is 0 Å². The van der Waals surface area contributed by atoms with Gasteiger partial charge < -0.3 is 5.11 Å². The van der Waals surface area contributed by atoms with Crippen LogP contribution in [0.5, 0.6) is 5.75 Å². The summed E-state index contributed by atoms with van der Waals surface area (Å²) in [6, 6.07) is 7.01. The molecule has 3 aliphatic carbocycles. The molecule has 0 radical (unpaired) electrons. The molecule has 2 saturated carbocycles. The summed E-state index contributed by atoms with van der Waals surface area (Å²) in [7, 11) is 0. The molecule has 1 aliphatic heterocycles. The number of aromatic hydroxyl groups is 1. The summed E-state index contributed by atoms with van der Waals surface area (Å²) in [5, 5.41) is 10.1. The van der Waals surface area contributed by atoms with Gasteiger partial charge in [-0.15, -0.1) is 0 Å². The molecule has 3 atom stereocenters.